The fourth-order valence-electron chi connectivity index (χ4n) is 4.63. The first-order valence-electron chi connectivity index (χ1n) is 6.19. The normalized spacial score (nSPS) is 52.6. The first-order chi connectivity index (χ1) is 7.18. The third-order valence-electron chi connectivity index (χ3n) is 5.44. The van der Waals surface area contributed by atoms with Gasteiger partial charge in [0.1, 0.15) is 0 Å². The lowest BCUT2D eigenvalue weighted by molar-refractivity contribution is -0.261. The Morgan fingerprint density at radius 2 is 1.87 bits per heavy atom. The van der Waals surface area contributed by atoms with Crippen molar-refractivity contribution in [3.05, 3.63) is 24.8 Å². The molecule has 0 bridgehead atoms. The standard InChI is InChI=1S/C14H20O/c1-2-14(15)11-12-7-3-5-9-13(12,14)10-6-4-8-12/h2-3,5,15H,1,4,6-11H2/t12-,13+,14-/m0/s1. The minimum Gasteiger partial charge on any atom is -0.385 e. The van der Waals surface area contributed by atoms with Gasteiger partial charge in [-0.05, 0) is 37.5 Å². The van der Waals surface area contributed by atoms with Crippen LogP contribution in [0, 0.1) is 10.8 Å². The number of aliphatic hydroxyl groups is 1. The lowest BCUT2D eigenvalue weighted by Gasteiger charge is -2.72. The average molecular weight is 204 g/mol. The Hall–Kier alpha value is -0.560. The molecule has 0 heterocycles. The first-order valence-corrected chi connectivity index (χ1v) is 6.19. The molecular weight excluding hydrogens is 184 g/mol. The van der Waals surface area contributed by atoms with E-state index in [9.17, 15) is 5.11 Å². The Morgan fingerprint density at radius 1 is 1.13 bits per heavy atom. The van der Waals surface area contributed by atoms with E-state index >= 15 is 0 Å². The van der Waals surface area contributed by atoms with Crippen LogP contribution in [0.2, 0.25) is 0 Å². The van der Waals surface area contributed by atoms with E-state index in [1.54, 1.807) is 0 Å². The Bertz CT molecular complexity index is 332. The molecule has 0 aromatic rings. The van der Waals surface area contributed by atoms with Crippen LogP contribution >= 0.6 is 0 Å². The topological polar surface area (TPSA) is 20.2 Å². The molecule has 1 N–H and O–H groups in total. The number of hydrogen-bond acceptors (Lipinski definition) is 1. The zero-order valence-electron chi connectivity index (χ0n) is 9.34. The van der Waals surface area contributed by atoms with Crippen molar-refractivity contribution in [3.8, 4) is 0 Å². The van der Waals surface area contributed by atoms with Gasteiger partial charge in [-0.3, -0.25) is 0 Å². The molecule has 0 aromatic carbocycles. The van der Waals surface area contributed by atoms with Gasteiger partial charge in [-0.25, -0.2) is 0 Å². The van der Waals surface area contributed by atoms with Crippen LogP contribution in [-0.2, 0) is 0 Å². The van der Waals surface area contributed by atoms with Gasteiger partial charge in [0.2, 0.25) is 0 Å². The van der Waals surface area contributed by atoms with E-state index in [0.29, 0.717) is 5.41 Å². The van der Waals surface area contributed by atoms with Crippen LogP contribution in [0.5, 0.6) is 0 Å². The van der Waals surface area contributed by atoms with Gasteiger partial charge >= 0.3 is 0 Å². The summed E-state index contributed by atoms with van der Waals surface area (Å²) in [5.74, 6) is 0. The van der Waals surface area contributed by atoms with Gasteiger partial charge in [-0.15, -0.1) is 6.58 Å². The molecule has 3 rings (SSSR count). The molecule has 3 aliphatic carbocycles. The SMILES string of the molecule is C=C[C@]1(O)C[C@@]23CC=CC[C@@]21CCCC3. The molecule has 15 heavy (non-hydrogen) atoms. The molecule has 0 aromatic heterocycles. The summed E-state index contributed by atoms with van der Waals surface area (Å²) in [4.78, 5) is 0. The second kappa shape index (κ2) is 2.76. The van der Waals surface area contributed by atoms with Crippen LogP contribution in [0.15, 0.2) is 24.8 Å². The fraction of sp³-hybridized carbons (Fsp3) is 0.714. The lowest BCUT2D eigenvalue weighted by atomic mass is 9.34. The molecule has 0 saturated heterocycles. The molecule has 0 spiro atoms. The first kappa shape index (κ1) is 9.65. The van der Waals surface area contributed by atoms with Crippen molar-refractivity contribution in [2.45, 2.75) is 50.5 Å². The van der Waals surface area contributed by atoms with E-state index in [-0.39, 0.29) is 5.41 Å². The van der Waals surface area contributed by atoms with E-state index in [1.165, 1.54) is 32.1 Å². The van der Waals surface area contributed by atoms with Gasteiger partial charge in [-0.2, -0.15) is 0 Å². The van der Waals surface area contributed by atoms with Gasteiger partial charge in [0, 0.05) is 5.41 Å². The largest absolute Gasteiger partial charge is 0.385 e. The molecule has 2 saturated carbocycles. The summed E-state index contributed by atoms with van der Waals surface area (Å²) in [5, 5.41) is 10.6. The quantitative estimate of drug-likeness (QED) is 0.650. The maximum atomic E-state index is 10.6. The van der Waals surface area contributed by atoms with Gasteiger partial charge in [0.15, 0.2) is 0 Å². The van der Waals surface area contributed by atoms with Crippen LogP contribution in [0.4, 0.5) is 0 Å². The van der Waals surface area contributed by atoms with Crippen LogP contribution in [0.1, 0.15) is 44.9 Å². The second-order valence-electron chi connectivity index (χ2n) is 5.75. The lowest BCUT2D eigenvalue weighted by Crippen LogP contribution is -2.70. The number of rotatable bonds is 1. The molecule has 0 unspecified atom stereocenters. The van der Waals surface area contributed by atoms with Crippen molar-refractivity contribution < 1.29 is 5.11 Å². The van der Waals surface area contributed by atoms with Crippen LogP contribution in [0.25, 0.3) is 0 Å². The van der Waals surface area contributed by atoms with Crippen molar-refractivity contribution in [1.82, 2.24) is 0 Å². The Kier molecular flexibility index (Phi) is 1.78. The zero-order valence-corrected chi connectivity index (χ0v) is 9.34. The number of hydrogen-bond donors (Lipinski definition) is 1. The predicted molar refractivity (Wildman–Crippen MR) is 61.5 cm³/mol. The smallest absolute Gasteiger partial charge is 0.0895 e. The summed E-state index contributed by atoms with van der Waals surface area (Å²) >= 11 is 0. The highest BCUT2D eigenvalue weighted by Gasteiger charge is 2.71. The monoisotopic (exact) mass is 204 g/mol. The van der Waals surface area contributed by atoms with Gasteiger partial charge in [-0.1, -0.05) is 31.1 Å². The highest BCUT2D eigenvalue weighted by Crippen LogP contribution is 2.74. The van der Waals surface area contributed by atoms with E-state index in [2.05, 4.69) is 18.7 Å². The Labute approximate surface area is 91.9 Å². The minimum atomic E-state index is -0.571. The highest BCUT2D eigenvalue weighted by atomic mass is 16.3. The van der Waals surface area contributed by atoms with Crippen molar-refractivity contribution in [2.75, 3.05) is 0 Å². The average Bonchev–Trinajstić information content (AvgIpc) is 2.26. The van der Waals surface area contributed by atoms with Gasteiger partial charge in [0.25, 0.3) is 0 Å². The Balaban J connectivity index is 2.06. The van der Waals surface area contributed by atoms with Crippen molar-refractivity contribution >= 4 is 0 Å². The molecule has 82 valence electrons. The van der Waals surface area contributed by atoms with E-state index in [4.69, 9.17) is 0 Å². The molecule has 2 fully saturated rings. The van der Waals surface area contributed by atoms with Crippen LogP contribution in [-0.4, -0.2) is 10.7 Å². The molecule has 1 nitrogen and oxygen atoms in total. The molecular formula is C14H20O. The van der Waals surface area contributed by atoms with Crippen LogP contribution in [0.3, 0.4) is 0 Å². The zero-order chi connectivity index (χ0) is 10.6. The molecule has 3 aliphatic rings. The summed E-state index contributed by atoms with van der Waals surface area (Å²) in [6.45, 7) is 3.85. The summed E-state index contributed by atoms with van der Waals surface area (Å²) in [5.41, 5.74) is -0.00410. The summed E-state index contributed by atoms with van der Waals surface area (Å²) in [6.07, 6.45) is 14.8. The van der Waals surface area contributed by atoms with Crippen molar-refractivity contribution in [3.63, 3.8) is 0 Å². The molecule has 0 radical (unpaired) electrons. The Morgan fingerprint density at radius 3 is 2.67 bits per heavy atom. The van der Waals surface area contributed by atoms with Crippen molar-refractivity contribution in [2.24, 2.45) is 10.8 Å². The third-order valence-corrected chi connectivity index (χ3v) is 5.44. The maximum absolute atomic E-state index is 10.6. The summed E-state index contributed by atoms with van der Waals surface area (Å²) < 4.78 is 0. The number of allylic oxidation sites excluding steroid dienone is 2. The van der Waals surface area contributed by atoms with E-state index in [0.717, 1.165) is 12.8 Å². The maximum Gasteiger partial charge on any atom is 0.0895 e. The third kappa shape index (κ3) is 0.891. The summed E-state index contributed by atoms with van der Waals surface area (Å²) in [7, 11) is 0. The van der Waals surface area contributed by atoms with Gasteiger partial charge in [0.05, 0.1) is 5.60 Å². The van der Waals surface area contributed by atoms with Crippen LogP contribution < -0.4 is 0 Å². The molecule has 0 aliphatic heterocycles. The minimum absolute atomic E-state index is 0.148. The predicted octanol–water partition coefficient (Wildman–Crippen LogP) is 3.20. The van der Waals surface area contributed by atoms with Crippen molar-refractivity contribution in [1.29, 1.82) is 0 Å². The summed E-state index contributed by atoms with van der Waals surface area (Å²) in [6, 6.07) is 0. The fourth-order valence-corrected chi connectivity index (χ4v) is 4.63. The van der Waals surface area contributed by atoms with E-state index in [1.807, 2.05) is 6.08 Å². The second-order valence-corrected chi connectivity index (χ2v) is 5.75. The van der Waals surface area contributed by atoms with Gasteiger partial charge < -0.3 is 5.11 Å². The molecule has 3 atom stereocenters. The van der Waals surface area contributed by atoms with E-state index < -0.39 is 5.60 Å². The highest BCUT2D eigenvalue weighted by molar-refractivity contribution is 5.31. The molecule has 0 amide bonds. The molecule has 1 heteroatoms.